The highest BCUT2D eigenvalue weighted by molar-refractivity contribution is 9.10. The van der Waals surface area contributed by atoms with Crippen LogP contribution in [0, 0.1) is 11.3 Å². The molecule has 0 bridgehead atoms. The van der Waals surface area contributed by atoms with Crippen LogP contribution < -0.4 is 10.5 Å². The Bertz CT molecular complexity index is 994. The number of nitriles is 1. The molecule has 4 nitrogen and oxygen atoms in total. The molecule has 0 spiro atoms. The minimum absolute atomic E-state index is 0.223. The fourth-order valence-corrected chi connectivity index (χ4v) is 3.47. The summed E-state index contributed by atoms with van der Waals surface area (Å²) in [5.74, 6) is 0.907. The van der Waals surface area contributed by atoms with E-state index >= 15 is 0 Å². The molecule has 5 heteroatoms. The van der Waals surface area contributed by atoms with Gasteiger partial charge < -0.3 is 10.5 Å². The molecule has 1 heterocycles. The SMILES string of the molecule is CCc1c(-c2ccccc2)nc(N)c(C#N)c1-c1cc(Br)ccc1OC. The lowest BCUT2D eigenvalue weighted by molar-refractivity contribution is 0.416. The van der Waals surface area contributed by atoms with Crippen molar-refractivity contribution in [2.24, 2.45) is 0 Å². The maximum absolute atomic E-state index is 9.75. The van der Waals surface area contributed by atoms with Crippen LogP contribution >= 0.6 is 15.9 Å². The van der Waals surface area contributed by atoms with Crippen molar-refractivity contribution in [3.05, 3.63) is 64.1 Å². The first-order valence-corrected chi connectivity index (χ1v) is 9.01. The molecule has 1 aromatic heterocycles. The van der Waals surface area contributed by atoms with Crippen LogP contribution in [0.3, 0.4) is 0 Å². The van der Waals surface area contributed by atoms with Crippen molar-refractivity contribution < 1.29 is 4.74 Å². The lowest BCUT2D eigenvalue weighted by atomic mass is 9.90. The van der Waals surface area contributed by atoms with Crippen molar-refractivity contribution in [1.82, 2.24) is 4.98 Å². The summed E-state index contributed by atoms with van der Waals surface area (Å²) in [7, 11) is 1.62. The van der Waals surface area contributed by atoms with Crippen LogP contribution in [0.15, 0.2) is 53.0 Å². The minimum atomic E-state index is 0.223. The summed E-state index contributed by atoms with van der Waals surface area (Å²) >= 11 is 3.51. The van der Waals surface area contributed by atoms with Gasteiger partial charge in [0, 0.05) is 21.2 Å². The summed E-state index contributed by atoms with van der Waals surface area (Å²) in [4.78, 5) is 4.55. The molecule has 0 unspecified atom stereocenters. The van der Waals surface area contributed by atoms with E-state index in [9.17, 15) is 5.26 Å². The zero-order valence-corrected chi connectivity index (χ0v) is 16.2. The first kappa shape index (κ1) is 18.0. The van der Waals surface area contributed by atoms with E-state index in [1.807, 2.05) is 48.5 Å². The van der Waals surface area contributed by atoms with E-state index in [2.05, 4.69) is 33.9 Å². The zero-order valence-electron chi connectivity index (χ0n) is 14.6. The van der Waals surface area contributed by atoms with Gasteiger partial charge in [-0.2, -0.15) is 5.26 Å². The highest BCUT2D eigenvalue weighted by Gasteiger charge is 2.22. The van der Waals surface area contributed by atoms with E-state index in [0.717, 1.165) is 32.4 Å². The second-order valence-electron chi connectivity index (χ2n) is 5.75. The fourth-order valence-electron chi connectivity index (χ4n) is 3.11. The number of hydrogen-bond acceptors (Lipinski definition) is 4. The second-order valence-corrected chi connectivity index (χ2v) is 6.67. The number of nitrogens with zero attached hydrogens (tertiary/aromatic N) is 2. The number of aromatic nitrogens is 1. The Morgan fingerprint density at radius 2 is 1.92 bits per heavy atom. The van der Waals surface area contributed by atoms with Gasteiger partial charge in [-0.15, -0.1) is 0 Å². The topological polar surface area (TPSA) is 71.9 Å². The highest BCUT2D eigenvalue weighted by atomic mass is 79.9. The van der Waals surface area contributed by atoms with E-state index in [1.54, 1.807) is 7.11 Å². The lowest BCUT2D eigenvalue weighted by Gasteiger charge is -2.19. The van der Waals surface area contributed by atoms with Crippen LogP contribution in [-0.2, 0) is 6.42 Å². The van der Waals surface area contributed by atoms with Crippen LogP contribution in [0.1, 0.15) is 18.1 Å². The molecule has 130 valence electrons. The third kappa shape index (κ3) is 3.16. The summed E-state index contributed by atoms with van der Waals surface area (Å²) < 4.78 is 6.45. The molecule has 0 saturated carbocycles. The standard InChI is InChI=1S/C21H18BrN3O/c1-3-15-19(16-11-14(22)9-10-18(16)26-2)17(12-23)21(24)25-20(15)13-7-5-4-6-8-13/h4-11H,3H2,1-2H3,(H2,24,25). The molecule has 0 saturated heterocycles. The van der Waals surface area contributed by atoms with Gasteiger partial charge in [-0.05, 0) is 30.2 Å². The summed E-state index contributed by atoms with van der Waals surface area (Å²) in [6.07, 6.45) is 0.706. The van der Waals surface area contributed by atoms with Gasteiger partial charge in [0.2, 0.25) is 0 Å². The van der Waals surface area contributed by atoms with Gasteiger partial charge in [0.25, 0.3) is 0 Å². The summed E-state index contributed by atoms with van der Waals surface area (Å²) in [5.41, 5.74) is 10.9. The van der Waals surface area contributed by atoms with E-state index in [4.69, 9.17) is 10.5 Å². The molecule has 0 amide bonds. The molecule has 0 aliphatic carbocycles. The second kappa shape index (κ2) is 7.59. The Kier molecular flexibility index (Phi) is 5.24. The third-order valence-electron chi connectivity index (χ3n) is 4.27. The number of methoxy groups -OCH3 is 1. The number of halogens is 1. The van der Waals surface area contributed by atoms with Gasteiger partial charge in [-0.3, -0.25) is 0 Å². The Balaban J connectivity index is 2.43. The maximum atomic E-state index is 9.75. The average molecular weight is 408 g/mol. The van der Waals surface area contributed by atoms with Gasteiger partial charge in [-0.1, -0.05) is 53.2 Å². The summed E-state index contributed by atoms with van der Waals surface area (Å²) in [6.45, 7) is 2.05. The van der Waals surface area contributed by atoms with Crippen molar-refractivity contribution in [1.29, 1.82) is 5.26 Å². The predicted octanol–water partition coefficient (Wildman–Crippen LogP) is 5.20. The number of nitrogens with two attached hydrogens (primary N) is 1. The van der Waals surface area contributed by atoms with Crippen LogP contribution in [0.2, 0.25) is 0 Å². The number of anilines is 1. The van der Waals surface area contributed by atoms with Gasteiger partial charge in [0.15, 0.2) is 0 Å². The largest absolute Gasteiger partial charge is 0.496 e. The molecule has 0 aliphatic rings. The molecule has 2 aromatic carbocycles. The monoisotopic (exact) mass is 407 g/mol. The van der Waals surface area contributed by atoms with E-state index in [1.165, 1.54) is 0 Å². The van der Waals surface area contributed by atoms with Crippen molar-refractivity contribution in [3.63, 3.8) is 0 Å². The first-order valence-electron chi connectivity index (χ1n) is 8.22. The Morgan fingerprint density at radius 3 is 2.54 bits per heavy atom. The van der Waals surface area contributed by atoms with Crippen molar-refractivity contribution in [3.8, 4) is 34.2 Å². The van der Waals surface area contributed by atoms with Gasteiger partial charge in [0.05, 0.1) is 12.8 Å². The molecule has 0 radical (unpaired) electrons. The highest BCUT2D eigenvalue weighted by Crippen LogP contribution is 2.41. The van der Waals surface area contributed by atoms with Crippen LogP contribution in [-0.4, -0.2) is 12.1 Å². The number of benzene rings is 2. The minimum Gasteiger partial charge on any atom is -0.496 e. The first-order chi connectivity index (χ1) is 12.6. The molecule has 0 aliphatic heterocycles. The normalized spacial score (nSPS) is 10.4. The quantitative estimate of drug-likeness (QED) is 0.644. The molecule has 3 aromatic rings. The van der Waals surface area contributed by atoms with Crippen LogP contribution in [0.25, 0.3) is 22.4 Å². The number of pyridine rings is 1. The number of ether oxygens (including phenoxy) is 1. The van der Waals surface area contributed by atoms with Gasteiger partial charge in [-0.25, -0.2) is 4.98 Å². The Hall–Kier alpha value is -2.84. The van der Waals surface area contributed by atoms with Crippen LogP contribution in [0.4, 0.5) is 5.82 Å². The maximum Gasteiger partial charge on any atom is 0.142 e. The third-order valence-corrected chi connectivity index (χ3v) is 4.76. The number of rotatable bonds is 4. The smallest absolute Gasteiger partial charge is 0.142 e. The Labute approximate surface area is 161 Å². The van der Waals surface area contributed by atoms with E-state index in [-0.39, 0.29) is 5.82 Å². The molecular formula is C21H18BrN3O. The number of hydrogen-bond donors (Lipinski definition) is 1. The number of nitrogen functional groups attached to an aromatic ring is 1. The van der Waals surface area contributed by atoms with Gasteiger partial charge >= 0.3 is 0 Å². The molecule has 26 heavy (non-hydrogen) atoms. The average Bonchev–Trinajstić information content (AvgIpc) is 2.67. The lowest BCUT2D eigenvalue weighted by Crippen LogP contribution is -2.06. The summed E-state index contributed by atoms with van der Waals surface area (Å²) in [6, 6.07) is 17.8. The molecular weight excluding hydrogens is 390 g/mol. The van der Waals surface area contributed by atoms with Crippen molar-refractivity contribution in [2.75, 3.05) is 12.8 Å². The summed E-state index contributed by atoms with van der Waals surface area (Å²) in [5, 5.41) is 9.75. The van der Waals surface area contributed by atoms with Crippen LogP contribution in [0.5, 0.6) is 5.75 Å². The molecule has 2 N–H and O–H groups in total. The van der Waals surface area contributed by atoms with Crippen molar-refractivity contribution in [2.45, 2.75) is 13.3 Å². The van der Waals surface area contributed by atoms with Gasteiger partial charge in [0.1, 0.15) is 23.2 Å². The zero-order chi connectivity index (χ0) is 18.7. The fraction of sp³-hybridized carbons (Fsp3) is 0.143. The van der Waals surface area contributed by atoms with E-state index < -0.39 is 0 Å². The molecule has 0 fully saturated rings. The Morgan fingerprint density at radius 1 is 1.19 bits per heavy atom. The molecule has 0 atom stereocenters. The van der Waals surface area contributed by atoms with E-state index in [0.29, 0.717) is 17.7 Å². The predicted molar refractivity (Wildman–Crippen MR) is 108 cm³/mol. The molecule has 3 rings (SSSR count). The van der Waals surface area contributed by atoms with Crippen molar-refractivity contribution >= 4 is 21.7 Å².